The number of hydrogen-bond acceptors (Lipinski definition) is 4. The van der Waals surface area contributed by atoms with Crippen molar-refractivity contribution >= 4 is 5.96 Å². The molecule has 1 heterocycles. The molecule has 2 rings (SSSR count). The molecule has 176 valence electrons. The summed E-state index contributed by atoms with van der Waals surface area (Å²) in [6, 6.07) is 11.3. The summed E-state index contributed by atoms with van der Waals surface area (Å²) in [6.07, 6.45) is 2.59. The van der Waals surface area contributed by atoms with Crippen molar-refractivity contribution in [1.82, 2.24) is 20.9 Å². The second-order valence-electron chi connectivity index (χ2n) is 9.54. The number of nitrogens with one attached hydrogen (secondary N) is 3. The molecule has 0 amide bonds. The standard InChI is InChI=1S/C25H45N5O/c1-7-26-24(28-23-13-15-30(16-14-23)17-18-31-20(2)3)27-19-25(5,6)29-21(4)22-11-9-8-10-12-22/h8-12,20-21,23,29H,7,13-19H2,1-6H3,(H2,26,27,28). The van der Waals surface area contributed by atoms with E-state index in [0.29, 0.717) is 18.7 Å². The Morgan fingerprint density at radius 2 is 1.84 bits per heavy atom. The molecule has 31 heavy (non-hydrogen) atoms. The van der Waals surface area contributed by atoms with Gasteiger partial charge in [0.15, 0.2) is 5.96 Å². The Bertz CT molecular complexity index is 639. The van der Waals surface area contributed by atoms with E-state index in [1.165, 1.54) is 5.56 Å². The average molecular weight is 432 g/mol. The Balaban J connectivity index is 1.81. The molecule has 1 saturated heterocycles. The summed E-state index contributed by atoms with van der Waals surface area (Å²) >= 11 is 0. The lowest BCUT2D eigenvalue weighted by Gasteiger charge is -2.33. The number of rotatable bonds is 11. The number of aliphatic imine (C=N–C) groups is 1. The zero-order chi connectivity index (χ0) is 22.7. The van der Waals surface area contributed by atoms with E-state index < -0.39 is 0 Å². The SMILES string of the molecule is CCNC(=NCC(C)(C)NC(C)c1ccccc1)NC1CCN(CCOC(C)C)CC1. The van der Waals surface area contributed by atoms with E-state index in [1.807, 2.05) is 0 Å². The topological polar surface area (TPSA) is 60.9 Å². The van der Waals surface area contributed by atoms with Crippen LogP contribution in [-0.4, -0.2) is 67.9 Å². The van der Waals surface area contributed by atoms with Crippen molar-refractivity contribution in [2.45, 2.75) is 78.1 Å². The van der Waals surface area contributed by atoms with E-state index in [2.05, 4.69) is 92.7 Å². The zero-order valence-electron chi connectivity index (χ0n) is 20.6. The predicted octanol–water partition coefficient (Wildman–Crippen LogP) is 3.56. The molecule has 6 heteroatoms. The minimum absolute atomic E-state index is 0.0998. The minimum Gasteiger partial charge on any atom is -0.377 e. The molecule has 0 saturated carbocycles. The Hall–Kier alpha value is -1.63. The second-order valence-corrected chi connectivity index (χ2v) is 9.54. The van der Waals surface area contributed by atoms with Gasteiger partial charge in [0.25, 0.3) is 0 Å². The molecule has 1 aliphatic rings. The summed E-state index contributed by atoms with van der Waals surface area (Å²) in [5.74, 6) is 0.923. The summed E-state index contributed by atoms with van der Waals surface area (Å²) in [5, 5.41) is 10.8. The number of hydrogen-bond donors (Lipinski definition) is 3. The van der Waals surface area contributed by atoms with Crippen LogP contribution in [0.5, 0.6) is 0 Å². The van der Waals surface area contributed by atoms with Gasteiger partial charge in [-0.25, -0.2) is 0 Å². The molecule has 0 spiro atoms. The van der Waals surface area contributed by atoms with E-state index in [0.717, 1.165) is 51.6 Å². The van der Waals surface area contributed by atoms with Crippen LogP contribution in [0.4, 0.5) is 0 Å². The molecule has 3 N–H and O–H groups in total. The fraction of sp³-hybridized carbons (Fsp3) is 0.720. The van der Waals surface area contributed by atoms with Crippen LogP contribution in [0, 0.1) is 0 Å². The third-order valence-electron chi connectivity index (χ3n) is 5.67. The molecule has 6 nitrogen and oxygen atoms in total. The van der Waals surface area contributed by atoms with Gasteiger partial charge in [0.05, 0.1) is 19.3 Å². The molecule has 0 bridgehead atoms. The van der Waals surface area contributed by atoms with Crippen LogP contribution in [0.25, 0.3) is 0 Å². The Labute approximate surface area is 190 Å². The van der Waals surface area contributed by atoms with Gasteiger partial charge in [-0.3, -0.25) is 4.99 Å². The van der Waals surface area contributed by atoms with Crippen LogP contribution in [0.3, 0.4) is 0 Å². The average Bonchev–Trinajstić information content (AvgIpc) is 2.73. The normalized spacial score (nSPS) is 17.7. The number of ether oxygens (including phenoxy) is 1. The highest BCUT2D eigenvalue weighted by atomic mass is 16.5. The number of likely N-dealkylation sites (tertiary alicyclic amines) is 1. The van der Waals surface area contributed by atoms with Crippen LogP contribution in [0.1, 0.15) is 66.0 Å². The second kappa shape index (κ2) is 13.0. The number of guanidine groups is 1. The van der Waals surface area contributed by atoms with Crippen molar-refractivity contribution < 1.29 is 4.74 Å². The van der Waals surface area contributed by atoms with Gasteiger partial charge >= 0.3 is 0 Å². The quantitative estimate of drug-likeness (QED) is 0.369. The van der Waals surface area contributed by atoms with Crippen LogP contribution in [0.2, 0.25) is 0 Å². The Morgan fingerprint density at radius 3 is 2.45 bits per heavy atom. The van der Waals surface area contributed by atoms with Crippen molar-refractivity contribution in [2.75, 3.05) is 39.3 Å². The Kier molecular flexibility index (Phi) is 10.8. The van der Waals surface area contributed by atoms with Crippen molar-refractivity contribution in [3.05, 3.63) is 35.9 Å². The maximum Gasteiger partial charge on any atom is 0.191 e. The van der Waals surface area contributed by atoms with Gasteiger partial charge in [0.2, 0.25) is 0 Å². The molecular formula is C25H45N5O. The molecule has 1 unspecified atom stereocenters. The van der Waals surface area contributed by atoms with E-state index >= 15 is 0 Å². The monoisotopic (exact) mass is 431 g/mol. The molecule has 0 aliphatic carbocycles. The van der Waals surface area contributed by atoms with Crippen LogP contribution in [0.15, 0.2) is 35.3 Å². The smallest absolute Gasteiger partial charge is 0.191 e. The van der Waals surface area contributed by atoms with Gasteiger partial charge in [0.1, 0.15) is 0 Å². The van der Waals surface area contributed by atoms with E-state index in [1.54, 1.807) is 0 Å². The van der Waals surface area contributed by atoms with Gasteiger partial charge in [-0.05, 0) is 59.9 Å². The fourth-order valence-electron chi connectivity index (χ4n) is 3.97. The van der Waals surface area contributed by atoms with Crippen molar-refractivity contribution in [3.63, 3.8) is 0 Å². The minimum atomic E-state index is -0.0998. The van der Waals surface area contributed by atoms with Crippen LogP contribution < -0.4 is 16.0 Å². The first kappa shape index (κ1) is 25.6. The van der Waals surface area contributed by atoms with Gasteiger partial charge in [-0.15, -0.1) is 0 Å². The predicted molar refractivity (Wildman–Crippen MR) is 132 cm³/mol. The van der Waals surface area contributed by atoms with Crippen molar-refractivity contribution in [2.24, 2.45) is 4.99 Å². The largest absolute Gasteiger partial charge is 0.377 e. The molecule has 1 fully saturated rings. The molecule has 1 aliphatic heterocycles. The number of benzene rings is 1. The first-order valence-electron chi connectivity index (χ1n) is 12.0. The van der Waals surface area contributed by atoms with E-state index in [-0.39, 0.29) is 11.6 Å². The van der Waals surface area contributed by atoms with Crippen LogP contribution >= 0.6 is 0 Å². The first-order valence-corrected chi connectivity index (χ1v) is 12.0. The molecule has 1 aromatic rings. The summed E-state index contributed by atoms with van der Waals surface area (Å²) in [7, 11) is 0. The Morgan fingerprint density at radius 1 is 1.16 bits per heavy atom. The number of piperidine rings is 1. The highest BCUT2D eigenvalue weighted by Gasteiger charge is 2.22. The van der Waals surface area contributed by atoms with E-state index in [4.69, 9.17) is 9.73 Å². The summed E-state index contributed by atoms with van der Waals surface area (Å²) in [4.78, 5) is 7.41. The van der Waals surface area contributed by atoms with Crippen LogP contribution in [-0.2, 0) is 4.74 Å². The lowest BCUT2D eigenvalue weighted by molar-refractivity contribution is 0.0532. The fourth-order valence-corrected chi connectivity index (χ4v) is 3.97. The van der Waals surface area contributed by atoms with Gasteiger partial charge in [0, 0.05) is 43.8 Å². The number of nitrogens with zero attached hydrogens (tertiary/aromatic N) is 2. The highest BCUT2D eigenvalue weighted by molar-refractivity contribution is 5.80. The lowest BCUT2D eigenvalue weighted by Crippen LogP contribution is -2.50. The molecule has 1 aromatic carbocycles. The summed E-state index contributed by atoms with van der Waals surface area (Å²) in [6.45, 7) is 18.6. The van der Waals surface area contributed by atoms with Gasteiger partial charge in [-0.1, -0.05) is 30.3 Å². The maximum atomic E-state index is 5.69. The zero-order valence-corrected chi connectivity index (χ0v) is 20.6. The first-order chi connectivity index (χ1) is 14.8. The molecule has 0 aromatic heterocycles. The molecular weight excluding hydrogens is 386 g/mol. The summed E-state index contributed by atoms with van der Waals surface area (Å²) in [5.41, 5.74) is 1.20. The maximum absolute atomic E-state index is 5.69. The third-order valence-corrected chi connectivity index (χ3v) is 5.67. The highest BCUT2D eigenvalue weighted by Crippen LogP contribution is 2.16. The lowest BCUT2D eigenvalue weighted by atomic mass is 10.0. The van der Waals surface area contributed by atoms with Crippen molar-refractivity contribution in [3.8, 4) is 0 Å². The molecule has 1 atom stereocenters. The summed E-state index contributed by atoms with van der Waals surface area (Å²) < 4.78 is 5.69. The van der Waals surface area contributed by atoms with E-state index in [9.17, 15) is 0 Å². The third kappa shape index (κ3) is 10.0. The van der Waals surface area contributed by atoms with Gasteiger partial charge < -0.3 is 25.6 Å². The molecule has 0 radical (unpaired) electrons. The van der Waals surface area contributed by atoms with Crippen molar-refractivity contribution in [1.29, 1.82) is 0 Å². The van der Waals surface area contributed by atoms with Gasteiger partial charge in [-0.2, -0.15) is 0 Å².